The number of nitrogens with one attached hydrogen (secondary N) is 2. The fourth-order valence-corrected chi connectivity index (χ4v) is 5.03. The van der Waals surface area contributed by atoms with Gasteiger partial charge in [-0.25, -0.2) is 13.1 Å². The molecular weight excluding hydrogens is 356 g/mol. The first-order valence-electron chi connectivity index (χ1n) is 6.83. The van der Waals surface area contributed by atoms with E-state index in [0.29, 0.717) is 12.3 Å². The van der Waals surface area contributed by atoms with Crippen molar-refractivity contribution in [3.05, 3.63) is 16.5 Å². The summed E-state index contributed by atoms with van der Waals surface area (Å²) in [6, 6.07) is 1.54. The molecule has 0 spiro atoms. The standard InChI is InChI=1S/C14H25BrN2O3S/c1-13(2,3)9-14(4,5)17-21(18,19)11-7-10(8-16-6)20-12(11)15/h7,16-17H,8-9H2,1-6H3. The average molecular weight is 381 g/mol. The van der Waals surface area contributed by atoms with Gasteiger partial charge in [-0.2, -0.15) is 0 Å². The number of halogens is 1. The zero-order chi connectivity index (χ0) is 16.5. The van der Waals surface area contributed by atoms with Gasteiger partial charge in [-0.15, -0.1) is 0 Å². The summed E-state index contributed by atoms with van der Waals surface area (Å²) in [5, 5.41) is 2.93. The fraction of sp³-hybridized carbons (Fsp3) is 0.714. The van der Waals surface area contributed by atoms with Gasteiger partial charge in [0.15, 0.2) is 4.67 Å². The molecular formula is C14H25BrN2O3S. The van der Waals surface area contributed by atoms with E-state index < -0.39 is 15.6 Å². The smallest absolute Gasteiger partial charge is 0.245 e. The van der Waals surface area contributed by atoms with Crippen LogP contribution in [0.5, 0.6) is 0 Å². The van der Waals surface area contributed by atoms with Gasteiger partial charge in [-0.05, 0) is 48.7 Å². The summed E-state index contributed by atoms with van der Waals surface area (Å²) >= 11 is 3.18. The molecule has 0 aromatic carbocycles. The second kappa shape index (κ2) is 6.40. The first kappa shape index (κ1) is 18.7. The highest BCUT2D eigenvalue weighted by molar-refractivity contribution is 9.10. The summed E-state index contributed by atoms with van der Waals surface area (Å²) in [6.45, 7) is 10.5. The van der Waals surface area contributed by atoms with Crippen molar-refractivity contribution < 1.29 is 12.8 Å². The van der Waals surface area contributed by atoms with Crippen molar-refractivity contribution in [3.63, 3.8) is 0 Å². The van der Waals surface area contributed by atoms with Gasteiger partial charge in [0, 0.05) is 11.6 Å². The topological polar surface area (TPSA) is 71.3 Å². The summed E-state index contributed by atoms with van der Waals surface area (Å²) in [4.78, 5) is 0.134. The second-order valence-corrected chi connectivity index (χ2v) is 9.48. The van der Waals surface area contributed by atoms with E-state index in [0.717, 1.165) is 6.42 Å². The van der Waals surface area contributed by atoms with E-state index in [1.54, 1.807) is 7.05 Å². The van der Waals surface area contributed by atoms with Crippen molar-refractivity contribution >= 4 is 26.0 Å². The van der Waals surface area contributed by atoms with Crippen LogP contribution in [0.2, 0.25) is 0 Å². The summed E-state index contributed by atoms with van der Waals surface area (Å²) < 4.78 is 33.5. The van der Waals surface area contributed by atoms with E-state index >= 15 is 0 Å². The Kier molecular flexibility index (Phi) is 5.69. The van der Waals surface area contributed by atoms with E-state index in [1.165, 1.54) is 6.07 Å². The Bertz CT molecular complexity index is 586. The van der Waals surface area contributed by atoms with Gasteiger partial charge < -0.3 is 9.73 Å². The van der Waals surface area contributed by atoms with Crippen molar-refractivity contribution in [2.75, 3.05) is 7.05 Å². The number of furan rings is 1. The second-order valence-electron chi connectivity index (χ2n) is 7.11. The molecule has 0 aliphatic carbocycles. The lowest BCUT2D eigenvalue weighted by Crippen LogP contribution is -2.45. The molecule has 0 aliphatic rings. The lowest BCUT2D eigenvalue weighted by atomic mass is 9.82. The van der Waals surface area contributed by atoms with Crippen LogP contribution in [0.15, 0.2) is 20.0 Å². The number of hydrogen-bond acceptors (Lipinski definition) is 4. The maximum absolute atomic E-state index is 12.6. The molecule has 0 unspecified atom stereocenters. The highest BCUT2D eigenvalue weighted by Gasteiger charge is 2.32. The largest absolute Gasteiger partial charge is 0.452 e. The summed E-state index contributed by atoms with van der Waals surface area (Å²) in [5.74, 6) is 0.568. The summed E-state index contributed by atoms with van der Waals surface area (Å²) in [5.41, 5.74) is -0.520. The Morgan fingerprint density at radius 1 is 1.24 bits per heavy atom. The van der Waals surface area contributed by atoms with Gasteiger partial charge in [0.1, 0.15) is 10.7 Å². The molecule has 21 heavy (non-hydrogen) atoms. The molecule has 0 bridgehead atoms. The molecule has 0 aliphatic heterocycles. The van der Waals surface area contributed by atoms with E-state index in [9.17, 15) is 8.42 Å². The maximum atomic E-state index is 12.6. The van der Waals surface area contributed by atoms with E-state index in [1.807, 2.05) is 13.8 Å². The van der Waals surface area contributed by atoms with Gasteiger partial charge >= 0.3 is 0 Å². The van der Waals surface area contributed by atoms with Crippen LogP contribution in [-0.4, -0.2) is 21.0 Å². The number of sulfonamides is 1. The molecule has 2 N–H and O–H groups in total. The minimum absolute atomic E-state index is 0.0247. The van der Waals surface area contributed by atoms with Gasteiger partial charge in [0.2, 0.25) is 10.0 Å². The van der Waals surface area contributed by atoms with E-state index in [2.05, 4.69) is 46.7 Å². The third kappa shape index (κ3) is 5.73. The van der Waals surface area contributed by atoms with Crippen LogP contribution >= 0.6 is 15.9 Å². The first-order valence-corrected chi connectivity index (χ1v) is 9.11. The third-order valence-electron chi connectivity index (χ3n) is 2.73. The normalized spacial score (nSPS) is 13.7. The fourth-order valence-electron chi connectivity index (χ4n) is 2.62. The van der Waals surface area contributed by atoms with Crippen LogP contribution < -0.4 is 10.0 Å². The molecule has 0 radical (unpaired) electrons. The lowest BCUT2D eigenvalue weighted by molar-refractivity contribution is 0.269. The maximum Gasteiger partial charge on any atom is 0.245 e. The molecule has 5 nitrogen and oxygen atoms in total. The van der Waals surface area contributed by atoms with Crippen LogP contribution in [0.4, 0.5) is 0 Å². The molecule has 0 fully saturated rings. The predicted molar refractivity (Wildman–Crippen MR) is 87.6 cm³/mol. The highest BCUT2D eigenvalue weighted by atomic mass is 79.9. The molecule has 0 amide bonds. The van der Waals surface area contributed by atoms with Crippen molar-refractivity contribution in [3.8, 4) is 0 Å². The van der Waals surface area contributed by atoms with E-state index in [4.69, 9.17) is 4.42 Å². The zero-order valence-electron chi connectivity index (χ0n) is 13.5. The molecule has 7 heteroatoms. The van der Waals surface area contributed by atoms with Crippen LogP contribution in [0.25, 0.3) is 0 Å². The molecule has 1 aromatic rings. The zero-order valence-corrected chi connectivity index (χ0v) is 15.9. The lowest BCUT2D eigenvalue weighted by Gasteiger charge is -2.32. The van der Waals surface area contributed by atoms with Gasteiger partial charge in [0.05, 0.1) is 6.54 Å². The van der Waals surface area contributed by atoms with Crippen LogP contribution in [-0.2, 0) is 16.6 Å². The summed E-state index contributed by atoms with van der Waals surface area (Å²) in [7, 11) is -1.86. The minimum atomic E-state index is -3.64. The monoisotopic (exact) mass is 380 g/mol. The van der Waals surface area contributed by atoms with Crippen molar-refractivity contribution in [2.45, 2.75) is 58.0 Å². The molecule has 0 atom stereocenters. The highest BCUT2D eigenvalue weighted by Crippen LogP contribution is 2.31. The predicted octanol–water partition coefficient (Wildman–Crippen LogP) is 3.25. The molecule has 1 rings (SSSR count). The first-order chi connectivity index (χ1) is 9.36. The van der Waals surface area contributed by atoms with Gasteiger partial charge in [-0.1, -0.05) is 20.8 Å². The Balaban J connectivity index is 3.01. The van der Waals surface area contributed by atoms with Crippen LogP contribution in [0.1, 0.15) is 46.8 Å². The van der Waals surface area contributed by atoms with E-state index in [-0.39, 0.29) is 15.0 Å². The Hall–Kier alpha value is -0.370. The molecule has 1 aromatic heterocycles. The molecule has 0 saturated heterocycles. The Morgan fingerprint density at radius 2 is 1.81 bits per heavy atom. The number of rotatable bonds is 6. The van der Waals surface area contributed by atoms with Crippen LogP contribution in [0, 0.1) is 5.41 Å². The quantitative estimate of drug-likeness (QED) is 0.794. The van der Waals surface area contributed by atoms with Gasteiger partial charge in [-0.3, -0.25) is 0 Å². The van der Waals surface area contributed by atoms with Crippen molar-refractivity contribution in [1.82, 2.24) is 10.0 Å². The average Bonchev–Trinajstić information content (AvgIpc) is 2.54. The van der Waals surface area contributed by atoms with Crippen LogP contribution in [0.3, 0.4) is 0 Å². The molecule has 0 saturated carbocycles. The van der Waals surface area contributed by atoms with Crippen molar-refractivity contribution in [2.24, 2.45) is 5.41 Å². The SMILES string of the molecule is CNCc1cc(S(=O)(=O)NC(C)(C)CC(C)(C)C)c(Br)o1. The molecule has 1 heterocycles. The Morgan fingerprint density at radius 3 is 2.29 bits per heavy atom. The Labute approximate surface area is 136 Å². The third-order valence-corrected chi connectivity index (χ3v) is 5.29. The summed E-state index contributed by atoms with van der Waals surface area (Å²) in [6.07, 6.45) is 0.720. The minimum Gasteiger partial charge on any atom is -0.452 e. The molecule has 122 valence electrons. The van der Waals surface area contributed by atoms with Crippen molar-refractivity contribution in [1.29, 1.82) is 0 Å². The number of hydrogen-bond donors (Lipinski definition) is 2. The van der Waals surface area contributed by atoms with Gasteiger partial charge in [0.25, 0.3) is 0 Å².